The third-order valence-electron chi connectivity index (χ3n) is 3.72. The van der Waals surface area contributed by atoms with E-state index in [9.17, 15) is 9.59 Å². The normalized spacial score (nSPS) is 43.3. The summed E-state index contributed by atoms with van der Waals surface area (Å²) in [5.74, 6) is 0.156. The summed E-state index contributed by atoms with van der Waals surface area (Å²) < 4.78 is 0. The summed E-state index contributed by atoms with van der Waals surface area (Å²) in [5.41, 5.74) is 0. The maximum atomic E-state index is 11.8. The Balaban J connectivity index is 1.59. The molecule has 0 spiro atoms. The molecule has 2 saturated carbocycles. The highest BCUT2D eigenvalue weighted by molar-refractivity contribution is 5.89. The van der Waals surface area contributed by atoms with E-state index in [4.69, 9.17) is 5.11 Å². The molecule has 1 N–H and O–H groups in total. The summed E-state index contributed by atoms with van der Waals surface area (Å²) in [7, 11) is 0. The largest absolute Gasteiger partial charge is 0.481 e. The van der Waals surface area contributed by atoms with Crippen molar-refractivity contribution in [1.29, 1.82) is 0 Å². The van der Waals surface area contributed by atoms with Crippen LogP contribution >= 0.6 is 0 Å². The van der Waals surface area contributed by atoms with Gasteiger partial charge in [0.1, 0.15) is 0 Å². The lowest BCUT2D eigenvalue weighted by atomic mass is 10.2. The fourth-order valence-corrected chi connectivity index (χ4v) is 2.55. The lowest BCUT2D eigenvalue weighted by molar-refractivity contribution is -0.141. The molecule has 3 rings (SSSR count). The van der Waals surface area contributed by atoms with Gasteiger partial charge in [0.05, 0.1) is 11.8 Å². The Morgan fingerprint density at radius 2 is 1.71 bits per heavy atom. The fraction of sp³-hybridized carbons (Fsp3) is 0.800. The molecule has 76 valence electrons. The van der Waals surface area contributed by atoms with Gasteiger partial charge < -0.3 is 10.0 Å². The SMILES string of the molecule is O=C(O)C1CC1C(=O)N1CC2CC2C1. The van der Waals surface area contributed by atoms with E-state index in [1.807, 2.05) is 4.90 Å². The van der Waals surface area contributed by atoms with E-state index < -0.39 is 5.97 Å². The Hall–Kier alpha value is -1.06. The summed E-state index contributed by atoms with van der Waals surface area (Å²) in [4.78, 5) is 24.2. The second-order valence-corrected chi connectivity index (χ2v) is 4.79. The molecule has 1 amide bonds. The molecular formula is C10H13NO3. The average molecular weight is 195 g/mol. The van der Waals surface area contributed by atoms with Gasteiger partial charge in [0, 0.05) is 13.1 Å². The fourth-order valence-electron chi connectivity index (χ4n) is 2.55. The molecule has 0 aromatic carbocycles. The van der Waals surface area contributed by atoms with Crippen LogP contribution in [0.25, 0.3) is 0 Å². The van der Waals surface area contributed by atoms with Gasteiger partial charge in [-0.25, -0.2) is 0 Å². The van der Waals surface area contributed by atoms with Crippen molar-refractivity contribution in [2.24, 2.45) is 23.7 Å². The third-order valence-corrected chi connectivity index (χ3v) is 3.72. The third kappa shape index (κ3) is 1.13. The molecule has 4 nitrogen and oxygen atoms in total. The highest BCUT2D eigenvalue weighted by atomic mass is 16.4. The van der Waals surface area contributed by atoms with Crippen molar-refractivity contribution in [3.63, 3.8) is 0 Å². The minimum Gasteiger partial charge on any atom is -0.481 e. The first kappa shape index (κ1) is 8.26. The van der Waals surface area contributed by atoms with Crippen LogP contribution in [0.15, 0.2) is 0 Å². The summed E-state index contributed by atoms with van der Waals surface area (Å²) >= 11 is 0. The zero-order valence-electron chi connectivity index (χ0n) is 7.85. The molecule has 3 aliphatic rings. The van der Waals surface area contributed by atoms with E-state index in [2.05, 4.69) is 0 Å². The number of carboxylic acid groups (broad SMARTS) is 1. The maximum absolute atomic E-state index is 11.8. The van der Waals surface area contributed by atoms with E-state index >= 15 is 0 Å². The molecule has 4 atom stereocenters. The van der Waals surface area contributed by atoms with Gasteiger partial charge in [-0.05, 0) is 24.7 Å². The Morgan fingerprint density at radius 3 is 2.21 bits per heavy atom. The van der Waals surface area contributed by atoms with E-state index in [1.165, 1.54) is 6.42 Å². The molecule has 0 bridgehead atoms. The first-order chi connectivity index (χ1) is 6.66. The second-order valence-electron chi connectivity index (χ2n) is 4.79. The number of amides is 1. The molecule has 1 aliphatic heterocycles. The van der Waals surface area contributed by atoms with E-state index in [1.54, 1.807) is 0 Å². The zero-order valence-corrected chi connectivity index (χ0v) is 7.85. The topological polar surface area (TPSA) is 57.6 Å². The minimum absolute atomic E-state index is 0.0876. The number of piperidine rings is 1. The number of carbonyl (C=O) groups is 2. The van der Waals surface area contributed by atoms with Crippen LogP contribution in [0, 0.1) is 23.7 Å². The van der Waals surface area contributed by atoms with Crippen LogP contribution in [0.5, 0.6) is 0 Å². The molecule has 3 fully saturated rings. The number of carbonyl (C=O) groups excluding carboxylic acids is 1. The Morgan fingerprint density at radius 1 is 1.07 bits per heavy atom. The van der Waals surface area contributed by atoms with Crippen LogP contribution in [-0.2, 0) is 9.59 Å². The van der Waals surface area contributed by atoms with Crippen molar-refractivity contribution < 1.29 is 14.7 Å². The number of likely N-dealkylation sites (tertiary alicyclic amines) is 1. The number of hydrogen-bond donors (Lipinski definition) is 1. The highest BCUT2D eigenvalue weighted by Gasteiger charge is 2.54. The highest BCUT2D eigenvalue weighted by Crippen LogP contribution is 2.47. The predicted octanol–water partition coefficient (Wildman–Crippen LogP) is 0.185. The van der Waals surface area contributed by atoms with Crippen molar-refractivity contribution in [2.75, 3.05) is 13.1 Å². The monoisotopic (exact) mass is 195 g/mol. The number of aliphatic carboxylic acids is 1. The molecular weight excluding hydrogens is 182 g/mol. The van der Waals surface area contributed by atoms with Crippen molar-refractivity contribution in [3.8, 4) is 0 Å². The number of rotatable bonds is 2. The smallest absolute Gasteiger partial charge is 0.307 e. The number of carboxylic acids is 1. The van der Waals surface area contributed by atoms with Gasteiger partial charge in [-0.2, -0.15) is 0 Å². The van der Waals surface area contributed by atoms with Crippen LogP contribution in [0.1, 0.15) is 12.8 Å². The lowest BCUT2D eigenvalue weighted by Gasteiger charge is -2.17. The van der Waals surface area contributed by atoms with Crippen LogP contribution in [-0.4, -0.2) is 35.0 Å². The first-order valence-electron chi connectivity index (χ1n) is 5.18. The van der Waals surface area contributed by atoms with Gasteiger partial charge in [-0.3, -0.25) is 9.59 Å². The molecule has 0 aromatic rings. The first-order valence-corrected chi connectivity index (χ1v) is 5.18. The van der Waals surface area contributed by atoms with Crippen molar-refractivity contribution in [3.05, 3.63) is 0 Å². The standard InChI is InChI=1S/C10H13NO3/c12-9(7-2-8(7)10(13)14)11-3-5-1-6(5)4-11/h5-8H,1-4H2,(H,13,14). The molecule has 4 unspecified atom stereocenters. The summed E-state index contributed by atoms with van der Waals surface area (Å²) in [6, 6.07) is 0. The molecule has 1 heterocycles. The van der Waals surface area contributed by atoms with Gasteiger partial charge in [0.15, 0.2) is 0 Å². The molecule has 0 radical (unpaired) electrons. The van der Waals surface area contributed by atoms with Crippen molar-refractivity contribution in [2.45, 2.75) is 12.8 Å². The summed E-state index contributed by atoms with van der Waals surface area (Å²) in [6.07, 6.45) is 1.83. The van der Waals surface area contributed by atoms with Gasteiger partial charge in [0.25, 0.3) is 0 Å². The Labute approximate surface area is 81.9 Å². The molecule has 2 aliphatic carbocycles. The predicted molar refractivity (Wildman–Crippen MR) is 47.4 cm³/mol. The van der Waals surface area contributed by atoms with Crippen LogP contribution in [0.4, 0.5) is 0 Å². The summed E-state index contributed by atoms with van der Waals surface area (Å²) in [6.45, 7) is 1.76. The number of hydrogen-bond acceptors (Lipinski definition) is 2. The van der Waals surface area contributed by atoms with Crippen LogP contribution < -0.4 is 0 Å². The lowest BCUT2D eigenvalue weighted by Crippen LogP contribution is -2.32. The maximum Gasteiger partial charge on any atom is 0.307 e. The van der Waals surface area contributed by atoms with E-state index in [0.717, 1.165) is 24.9 Å². The second kappa shape index (κ2) is 2.49. The summed E-state index contributed by atoms with van der Waals surface area (Å²) in [5, 5.41) is 8.71. The number of nitrogens with zero attached hydrogens (tertiary/aromatic N) is 1. The zero-order chi connectivity index (χ0) is 9.87. The Bertz CT molecular complexity index is 304. The molecule has 1 saturated heterocycles. The van der Waals surface area contributed by atoms with Crippen LogP contribution in [0.2, 0.25) is 0 Å². The van der Waals surface area contributed by atoms with Crippen molar-refractivity contribution in [1.82, 2.24) is 4.90 Å². The van der Waals surface area contributed by atoms with Gasteiger partial charge in [-0.1, -0.05) is 0 Å². The minimum atomic E-state index is -0.812. The van der Waals surface area contributed by atoms with E-state index in [0.29, 0.717) is 6.42 Å². The molecule has 4 heteroatoms. The number of fused-ring (bicyclic) bond motifs is 1. The molecule has 0 aromatic heterocycles. The van der Waals surface area contributed by atoms with Gasteiger partial charge >= 0.3 is 5.97 Å². The van der Waals surface area contributed by atoms with Crippen LogP contribution in [0.3, 0.4) is 0 Å². The van der Waals surface area contributed by atoms with Gasteiger partial charge in [-0.15, -0.1) is 0 Å². The van der Waals surface area contributed by atoms with Gasteiger partial charge in [0.2, 0.25) is 5.91 Å². The quantitative estimate of drug-likeness (QED) is 0.684. The molecule has 14 heavy (non-hydrogen) atoms. The Kier molecular flexibility index (Phi) is 1.47. The van der Waals surface area contributed by atoms with Crippen molar-refractivity contribution >= 4 is 11.9 Å². The van der Waals surface area contributed by atoms with E-state index in [-0.39, 0.29) is 17.7 Å². The average Bonchev–Trinajstić information content (AvgIpc) is 3.03.